The highest BCUT2D eigenvalue weighted by molar-refractivity contribution is 9.08. The number of para-hydroxylation sites is 1. The van der Waals surface area contributed by atoms with E-state index in [0.717, 1.165) is 42.3 Å². The highest BCUT2D eigenvalue weighted by Crippen LogP contribution is 2.29. The minimum Gasteiger partial charge on any atom is -0.379 e. The fourth-order valence-corrected chi connectivity index (χ4v) is 2.83. The number of pyridine rings is 1. The number of alkyl halides is 1. The van der Waals surface area contributed by atoms with E-state index in [0.29, 0.717) is 0 Å². The van der Waals surface area contributed by atoms with Crippen LogP contribution in [0.3, 0.4) is 0 Å². The van der Waals surface area contributed by atoms with Crippen LogP contribution in [-0.4, -0.2) is 31.8 Å². The minimum absolute atomic E-state index is 0.767. The Morgan fingerprint density at radius 3 is 2.90 bits per heavy atom. The number of halogens is 1. The molecule has 0 radical (unpaired) electrons. The predicted molar refractivity (Wildman–Crippen MR) is 91.2 cm³/mol. The van der Waals surface area contributed by atoms with Crippen molar-refractivity contribution in [3.63, 3.8) is 0 Å². The number of benzene rings is 1. The highest BCUT2D eigenvalue weighted by Gasteiger charge is 2.21. The van der Waals surface area contributed by atoms with Crippen molar-refractivity contribution in [3.05, 3.63) is 35.9 Å². The van der Waals surface area contributed by atoms with Crippen molar-refractivity contribution in [1.29, 1.82) is 0 Å². The zero-order chi connectivity index (χ0) is 14.7. The molecule has 0 saturated heterocycles. The second-order valence-electron chi connectivity index (χ2n) is 5.74. The molecular formula is C17H21BrN2O. The molecule has 0 bridgehead atoms. The van der Waals surface area contributed by atoms with E-state index in [-0.39, 0.29) is 0 Å². The molecular weight excluding hydrogens is 328 g/mol. The van der Waals surface area contributed by atoms with E-state index < -0.39 is 0 Å². The fraction of sp³-hybridized carbons (Fsp3) is 0.471. The number of likely N-dealkylation sites (N-methyl/N-ethyl adjacent to an activating group) is 1. The molecule has 1 saturated carbocycles. The number of fused-ring (bicyclic) bond motifs is 1. The molecule has 1 aromatic heterocycles. The van der Waals surface area contributed by atoms with Gasteiger partial charge in [0.25, 0.3) is 0 Å². The molecule has 0 N–H and O–H groups in total. The van der Waals surface area contributed by atoms with E-state index in [1.54, 1.807) is 0 Å². The van der Waals surface area contributed by atoms with Crippen LogP contribution in [0, 0.1) is 5.92 Å². The molecule has 1 aliphatic rings. The number of hydrogen-bond donors (Lipinski definition) is 0. The molecule has 0 amide bonds. The van der Waals surface area contributed by atoms with E-state index in [4.69, 9.17) is 9.72 Å². The van der Waals surface area contributed by atoms with Crippen molar-refractivity contribution in [1.82, 2.24) is 4.98 Å². The van der Waals surface area contributed by atoms with Crippen molar-refractivity contribution in [2.75, 3.05) is 31.7 Å². The SMILES string of the molecule is CN(CCOCC1CC1)c1nc2ccccc2cc1CBr. The van der Waals surface area contributed by atoms with E-state index in [9.17, 15) is 0 Å². The first-order valence-electron chi connectivity index (χ1n) is 7.51. The van der Waals surface area contributed by atoms with E-state index >= 15 is 0 Å². The Bertz CT molecular complexity index is 613. The summed E-state index contributed by atoms with van der Waals surface area (Å²) < 4.78 is 5.73. The lowest BCUT2D eigenvalue weighted by molar-refractivity contribution is 0.131. The fourth-order valence-electron chi connectivity index (χ4n) is 2.42. The Labute approximate surface area is 134 Å². The van der Waals surface area contributed by atoms with Gasteiger partial charge in [-0.05, 0) is 30.9 Å². The van der Waals surface area contributed by atoms with E-state index in [2.05, 4.69) is 52.1 Å². The van der Waals surface area contributed by atoms with Gasteiger partial charge < -0.3 is 9.64 Å². The summed E-state index contributed by atoms with van der Waals surface area (Å²) in [5, 5.41) is 2.00. The summed E-state index contributed by atoms with van der Waals surface area (Å²) in [6.45, 7) is 2.56. The number of anilines is 1. The average Bonchev–Trinajstić information content (AvgIpc) is 3.34. The molecule has 4 heteroatoms. The molecule has 1 fully saturated rings. The Hall–Kier alpha value is -1.13. The van der Waals surface area contributed by atoms with Gasteiger partial charge in [0.1, 0.15) is 5.82 Å². The molecule has 0 atom stereocenters. The Balaban J connectivity index is 1.70. The summed E-state index contributed by atoms with van der Waals surface area (Å²) >= 11 is 3.57. The summed E-state index contributed by atoms with van der Waals surface area (Å²) in [6, 6.07) is 10.5. The molecule has 0 unspecified atom stereocenters. The van der Waals surface area contributed by atoms with Gasteiger partial charge in [-0.15, -0.1) is 0 Å². The Morgan fingerprint density at radius 2 is 2.14 bits per heavy atom. The summed E-state index contributed by atoms with van der Waals surface area (Å²) in [5.41, 5.74) is 2.27. The number of ether oxygens (including phenoxy) is 1. The van der Waals surface area contributed by atoms with Gasteiger partial charge in [0, 0.05) is 36.5 Å². The van der Waals surface area contributed by atoms with Crippen LogP contribution in [-0.2, 0) is 10.1 Å². The van der Waals surface area contributed by atoms with Crippen LogP contribution in [0.5, 0.6) is 0 Å². The summed E-state index contributed by atoms with van der Waals surface area (Å²) in [7, 11) is 2.09. The van der Waals surface area contributed by atoms with Crippen molar-refractivity contribution in [2.45, 2.75) is 18.2 Å². The van der Waals surface area contributed by atoms with Crippen LogP contribution in [0.4, 0.5) is 5.82 Å². The van der Waals surface area contributed by atoms with E-state index in [1.165, 1.54) is 23.8 Å². The van der Waals surface area contributed by atoms with Gasteiger partial charge in [0.2, 0.25) is 0 Å². The molecule has 1 aromatic carbocycles. The van der Waals surface area contributed by atoms with Gasteiger partial charge in [-0.2, -0.15) is 0 Å². The molecule has 3 rings (SSSR count). The maximum atomic E-state index is 5.73. The third kappa shape index (κ3) is 3.74. The van der Waals surface area contributed by atoms with Gasteiger partial charge in [0.15, 0.2) is 0 Å². The largest absolute Gasteiger partial charge is 0.379 e. The third-order valence-electron chi connectivity index (χ3n) is 3.91. The summed E-state index contributed by atoms with van der Waals surface area (Å²) in [6.07, 6.45) is 2.69. The molecule has 2 aromatic rings. The van der Waals surface area contributed by atoms with Crippen LogP contribution in [0.25, 0.3) is 10.9 Å². The Morgan fingerprint density at radius 1 is 1.33 bits per heavy atom. The predicted octanol–water partition coefficient (Wildman–Crippen LogP) is 3.99. The van der Waals surface area contributed by atoms with Gasteiger partial charge in [-0.25, -0.2) is 4.98 Å². The highest BCUT2D eigenvalue weighted by atomic mass is 79.9. The normalized spacial score (nSPS) is 14.6. The molecule has 21 heavy (non-hydrogen) atoms. The van der Waals surface area contributed by atoms with Crippen molar-refractivity contribution in [2.24, 2.45) is 5.92 Å². The van der Waals surface area contributed by atoms with Crippen molar-refractivity contribution < 1.29 is 4.74 Å². The monoisotopic (exact) mass is 348 g/mol. The zero-order valence-corrected chi connectivity index (χ0v) is 14.0. The van der Waals surface area contributed by atoms with Crippen LogP contribution >= 0.6 is 15.9 Å². The molecule has 1 aliphatic carbocycles. The quantitative estimate of drug-likeness (QED) is 0.558. The first kappa shape index (κ1) is 14.8. The number of aromatic nitrogens is 1. The zero-order valence-electron chi connectivity index (χ0n) is 12.4. The molecule has 0 spiro atoms. The molecule has 1 heterocycles. The van der Waals surface area contributed by atoms with Gasteiger partial charge in [-0.3, -0.25) is 0 Å². The molecule has 0 aliphatic heterocycles. The third-order valence-corrected chi connectivity index (χ3v) is 4.51. The van der Waals surface area contributed by atoms with Gasteiger partial charge in [0.05, 0.1) is 12.1 Å². The van der Waals surface area contributed by atoms with Crippen LogP contribution < -0.4 is 4.90 Å². The Kier molecular flexibility index (Phi) is 4.76. The second-order valence-corrected chi connectivity index (χ2v) is 6.30. The molecule has 3 nitrogen and oxygen atoms in total. The lowest BCUT2D eigenvalue weighted by atomic mass is 10.1. The van der Waals surface area contributed by atoms with Gasteiger partial charge >= 0.3 is 0 Å². The van der Waals surface area contributed by atoms with E-state index in [1.807, 2.05) is 6.07 Å². The topological polar surface area (TPSA) is 25.4 Å². The molecule has 112 valence electrons. The maximum absolute atomic E-state index is 5.73. The van der Waals surface area contributed by atoms with Gasteiger partial charge in [-0.1, -0.05) is 34.1 Å². The maximum Gasteiger partial charge on any atom is 0.133 e. The van der Waals surface area contributed by atoms with Crippen LogP contribution in [0.15, 0.2) is 30.3 Å². The lowest BCUT2D eigenvalue weighted by Crippen LogP contribution is -2.25. The number of nitrogens with zero attached hydrogens (tertiary/aromatic N) is 2. The van der Waals surface area contributed by atoms with Crippen molar-refractivity contribution in [3.8, 4) is 0 Å². The second kappa shape index (κ2) is 6.75. The average molecular weight is 349 g/mol. The first-order valence-corrected chi connectivity index (χ1v) is 8.63. The summed E-state index contributed by atoms with van der Waals surface area (Å²) in [5.74, 6) is 1.87. The van der Waals surface area contributed by atoms with Crippen LogP contribution in [0.1, 0.15) is 18.4 Å². The minimum atomic E-state index is 0.767. The number of hydrogen-bond acceptors (Lipinski definition) is 3. The standard InChI is InChI=1S/C17H21BrN2O/c1-20(8-9-21-12-13-6-7-13)17-15(11-18)10-14-4-2-3-5-16(14)19-17/h2-5,10,13H,6-9,11-12H2,1H3. The first-order chi connectivity index (χ1) is 10.3. The lowest BCUT2D eigenvalue weighted by Gasteiger charge is -2.21. The smallest absolute Gasteiger partial charge is 0.133 e. The number of rotatable bonds is 7. The summed E-state index contributed by atoms with van der Waals surface area (Å²) in [4.78, 5) is 7.00. The van der Waals surface area contributed by atoms with Crippen molar-refractivity contribution >= 4 is 32.7 Å². The van der Waals surface area contributed by atoms with Crippen LogP contribution in [0.2, 0.25) is 0 Å².